The maximum absolute atomic E-state index is 13.2. The molecule has 2 aromatic carbocycles. The van der Waals surface area contributed by atoms with Gasteiger partial charge in [-0.25, -0.2) is 0 Å². The Kier molecular flexibility index (Phi) is 4.45. The first-order valence-electron chi connectivity index (χ1n) is 8.90. The molecule has 1 aliphatic carbocycles. The molecule has 3 atom stereocenters. The summed E-state index contributed by atoms with van der Waals surface area (Å²) in [5.74, 6) is -1.89. The summed E-state index contributed by atoms with van der Waals surface area (Å²) in [5, 5.41) is 9.99. The van der Waals surface area contributed by atoms with Crippen LogP contribution in [0.5, 0.6) is 0 Å². The summed E-state index contributed by atoms with van der Waals surface area (Å²) in [7, 11) is 0. The van der Waals surface area contributed by atoms with Gasteiger partial charge in [0.15, 0.2) is 0 Å². The highest BCUT2D eigenvalue weighted by Gasteiger charge is 2.45. The van der Waals surface area contributed by atoms with Crippen molar-refractivity contribution >= 4 is 23.5 Å². The van der Waals surface area contributed by atoms with Crippen LogP contribution in [0, 0.1) is 11.8 Å². The standard InChI is InChI=1S/C21H20ClNO3/c22-16-7-6-14-11-19(13-4-2-1-3-5-13)23(12-15(14)10-16)20(24)17-8-9-18(17)21(25)26/h1-7,10,17-19H,8-9,11-12H2,(H,25,26). The van der Waals surface area contributed by atoms with Gasteiger partial charge < -0.3 is 10.0 Å². The second-order valence-electron chi connectivity index (χ2n) is 7.14. The molecule has 2 aliphatic rings. The fourth-order valence-corrected chi connectivity index (χ4v) is 4.26. The number of carboxylic acids is 1. The minimum atomic E-state index is -0.869. The van der Waals surface area contributed by atoms with Gasteiger partial charge in [0.2, 0.25) is 5.91 Å². The van der Waals surface area contributed by atoms with Crippen molar-refractivity contribution in [2.45, 2.75) is 31.8 Å². The number of carbonyl (C=O) groups excluding carboxylic acids is 1. The quantitative estimate of drug-likeness (QED) is 0.887. The van der Waals surface area contributed by atoms with Crippen LogP contribution in [0.2, 0.25) is 5.02 Å². The Morgan fingerprint density at radius 2 is 1.73 bits per heavy atom. The van der Waals surface area contributed by atoms with E-state index < -0.39 is 17.8 Å². The molecule has 0 bridgehead atoms. The molecular weight excluding hydrogens is 350 g/mol. The summed E-state index contributed by atoms with van der Waals surface area (Å²) < 4.78 is 0. The number of carboxylic acid groups (broad SMARTS) is 1. The number of carbonyl (C=O) groups is 2. The van der Waals surface area contributed by atoms with Gasteiger partial charge in [0.1, 0.15) is 0 Å². The second kappa shape index (κ2) is 6.76. The number of amides is 1. The third-order valence-corrected chi connectivity index (χ3v) is 5.91. The smallest absolute Gasteiger partial charge is 0.307 e. The molecule has 3 unspecified atom stereocenters. The number of hydrogen-bond acceptors (Lipinski definition) is 2. The van der Waals surface area contributed by atoms with Crippen molar-refractivity contribution in [3.8, 4) is 0 Å². The van der Waals surface area contributed by atoms with E-state index in [1.54, 1.807) is 0 Å². The van der Waals surface area contributed by atoms with Gasteiger partial charge in [0.25, 0.3) is 0 Å². The zero-order valence-corrected chi connectivity index (χ0v) is 15.0. The Bertz CT molecular complexity index is 852. The first kappa shape index (κ1) is 17.1. The average Bonchev–Trinajstić information content (AvgIpc) is 2.59. The molecule has 26 heavy (non-hydrogen) atoms. The van der Waals surface area contributed by atoms with Crippen molar-refractivity contribution < 1.29 is 14.7 Å². The Labute approximate surface area is 157 Å². The molecule has 0 saturated heterocycles. The van der Waals surface area contributed by atoms with Crippen LogP contribution in [0.15, 0.2) is 48.5 Å². The summed E-state index contributed by atoms with van der Waals surface area (Å²) >= 11 is 6.14. The summed E-state index contributed by atoms with van der Waals surface area (Å²) in [4.78, 5) is 26.4. The molecule has 1 N–H and O–H groups in total. The summed E-state index contributed by atoms with van der Waals surface area (Å²) in [6.45, 7) is 0.469. The van der Waals surface area contributed by atoms with E-state index in [4.69, 9.17) is 11.6 Å². The number of nitrogens with zero attached hydrogens (tertiary/aromatic N) is 1. The van der Waals surface area contributed by atoms with E-state index in [1.807, 2.05) is 53.4 Å². The van der Waals surface area contributed by atoms with Crippen LogP contribution in [-0.2, 0) is 22.6 Å². The lowest BCUT2D eigenvalue weighted by Gasteiger charge is -2.42. The van der Waals surface area contributed by atoms with Crippen molar-refractivity contribution in [3.05, 3.63) is 70.2 Å². The Morgan fingerprint density at radius 1 is 1.00 bits per heavy atom. The number of hydrogen-bond donors (Lipinski definition) is 1. The lowest BCUT2D eigenvalue weighted by Crippen LogP contribution is -2.48. The second-order valence-corrected chi connectivity index (χ2v) is 7.57. The topological polar surface area (TPSA) is 57.6 Å². The van der Waals surface area contributed by atoms with Gasteiger partial charge in [-0.05, 0) is 48.1 Å². The third-order valence-electron chi connectivity index (χ3n) is 5.67. The molecule has 2 aromatic rings. The molecule has 5 heteroatoms. The molecule has 1 fully saturated rings. The van der Waals surface area contributed by atoms with Gasteiger partial charge in [0, 0.05) is 11.6 Å². The third kappa shape index (κ3) is 2.99. The number of halogens is 1. The minimum absolute atomic E-state index is 0.0527. The molecule has 1 heterocycles. The van der Waals surface area contributed by atoms with E-state index in [-0.39, 0.29) is 11.9 Å². The van der Waals surface area contributed by atoms with Gasteiger partial charge in [-0.3, -0.25) is 9.59 Å². The Hall–Kier alpha value is -2.33. The van der Waals surface area contributed by atoms with Crippen molar-refractivity contribution in [2.75, 3.05) is 0 Å². The van der Waals surface area contributed by atoms with E-state index in [9.17, 15) is 14.7 Å². The molecule has 134 valence electrons. The van der Waals surface area contributed by atoms with E-state index in [0.29, 0.717) is 30.8 Å². The maximum atomic E-state index is 13.2. The Morgan fingerprint density at radius 3 is 2.38 bits per heavy atom. The first-order chi connectivity index (χ1) is 12.5. The molecule has 1 amide bonds. The van der Waals surface area contributed by atoms with Crippen molar-refractivity contribution in [2.24, 2.45) is 11.8 Å². The van der Waals surface area contributed by atoms with Crippen molar-refractivity contribution in [1.82, 2.24) is 4.90 Å². The van der Waals surface area contributed by atoms with E-state index in [0.717, 1.165) is 11.1 Å². The molecule has 4 nitrogen and oxygen atoms in total. The van der Waals surface area contributed by atoms with Crippen LogP contribution in [-0.4, -0.2) is 21.9 Å². The van der Waals surface area contributed by atoms with Gasteiger partial charge in [0.05, 0.1) is 17.9 Å². The molecule has 4 rings (SSSR count). The van der Waals surface area contributed by atoms with Crippen molar-refractivity contribution in [3.63, 3.8) is 0 Å². The molecule has 1 aliphatic heterocycles. The maximum Gasteiger partial charge on any atom is 0.307 e. The monoisotopic (exact) mass is 369 g/mol. The van der Waals surface area contributed by atoms with Crippen LogP contribution >= 0.6 is 11.6 Å². The minimum Gasteiger partial charge on any atom is -0.481 e. The zero-order chi connectivity index (χ0) is 18.3. The lowest BCUT2D eigenvalue weighted by atomic mass is 9.72. The predicted octanol–water partition coefficient (Wildman–Crippen LogP) is 4.08. The average molecular weight is 370 g/mol. The van der Waals surface area contributed by atoms with Gasteiger partial charge >= 0.3 is 5.97 Å². The largest absolute Gasteiger partial charge is 0.481 e. The molecular formula is C21H20ClNO3. The summed E-state index contributed by atoms with van der Waals surface area (Å²) in [6, 6.07) is 15.7. The van der Waals surface area contributed by atoms with Crippen LogP contribution in [0.25, 0.3) is 0 Å². The fourth-order valence-electron chi connectivity index (χ4n) is 4.06. The number of fused-ring (bicyclic) bond motifs is 1. The van der Waals surface area contributed by atoms with Gasteiger partial charge in [-0.1, -0.05) is 48.0 Å². The summed E-state index contributed by atoms with van der Waals surface area (Å²) in [5.41, 5.74) is 3.31. The number of benzene rings is 2. The van der Waals surface area contributed by atoms with E-state index in [2.05, 4.69) is 0 Å². The highest BCUT2D eigenvalue weighted by molar-refractivity contribution is 6.30. The predicted molar refractivity (Wildman–Crippen MR) is 98.7 cm³/mol. The highest BCUT2D eigenvalue weighted by atomic mass is 35.5. The molecule has 0 radical (unpaired) electrons. The van der Waals surface area contributed by atoms with Crippen LogP contribution in [0.1, 0.15) is 35.6 Å². The number of rotatable bonds is 3. The van der Waals surface area contributed by atoms with Crippen LogP contribution in [0.4, 0.5) is 0 Å². The SMILES string of the molecule is O=C(O)C1CCC1C(=O)N1Cc2cc(Cl)ccc2CC1c1ccccc1. The first-order valence-corrected chi connectivity index (χ1v) is 9.28. The lowest BCUT2D eigenvalue weighted by molar-refractivity contribution is -0.158. The van der Waals surface area contributed by atoms with Gasteiger partial charge in [-0.15, -0.1) is 0 Å². The number of aliphatic carboxylic acids is 1. The highest BCUT2D eigenvalue weighted by Crippen LogP contribution is 2.41. The molecule has 0 aromatic heterocycles. The zero-order valence-electron chi connectivity index (χ0n) is 14.3. The molecule has 0 spiro atoms. The van der Waals surface area contributed by atoms with E-state index in [1.165, 1.54) is 5.56 Å². The molecule has 1 saturated carbocycles. The summed E-state index contributed by atoms with van der Waals surface area (Å²) in [6.07, 6.45) is 1.95. The normalized spacial score (nSPS) is 24.5. The van der Waals surface area contributed by atoms with E-state index >= 15 is 0 Å². The van der Waals surface area contributed by atoms with Crippen LogP contribution in [0.3, 0.4) is 0 Å². The Balaban J connectivity index is 1.69. The fraction of sp³-hybridized carbons (Fsp3) is 0.333. The van der Waals surface area contributed by atoms with Crippen molar-refractivity contribution in [1.29, 1.82) is 0 Å². The van der Waals surface area contributed by atoms with Crippen LogP contribution < -0.4 is 0 Å². The van der Waals surface area contributed by atoms with Gasteiger partial charge in [-0.2, -0.15) is 0 Å².